The van der Waals surface area contributed by atoms with E-state index >= 15 is 0 Å². The number of hydrogen-bond acceptors (Lipinski definition) is 7. The zero-order valence-electron chi connectivity index (χ0n) is 17.0. The Morgan fingerprint density at radius 2 is 1.81 bits per heavy atom. The summed E-state index contributed by atoms with van der Waals surface area (Å²) in [6, 6.07) is 0.128. The Bertz CT molecular complexity index is 939. The molecule has 1 aliphatic heterocycles. The molecule has 1 aromatic carbocycles. The van der Waals surface area contributed by atoms with Crippen LogP contribution in [0.25, 0.3) is 0 Å². The molecule has 1 fully saturated rings. The van der Waals surface area contributed by atoms with E-state index in [0.717, 1.165) is 39.4 Å². The van der Waals surface area contributed by atoms with E-state index < -0.39 is 35.4 Å². The van der Waals surface area contributed by atoms with Crippen LogP contribution in [0.3, 0.4) is 0 Å². The van der Waals surface area contributed by atoms with Crippen molar-refractivity contribution in [3.05, 3.63) is 59.6 Å². The molecule has 0 unspecified atom stereocenters. The molecule has 12 heteroatoms. The van der Waals surface area contributed by atoms with Crippen molar-refractivity contribution in [2.24, 2.45) is 10.7 Å². The van der Waals surface area contributed by atoms with Gasteiger partial charge in [0.2, 0.25) is 0 Å². The number of hydrogen-bond donors (Lipinski definition) is 2. The smallest absolute Gasteiger partial charge is 0.251 e. The molecule has 2 heterocycles. The molecule has 1 aromatic heterocycles. The van der Waals surface area contributed by atoms with E-state index in [2.05, 4.69) is 25.2 Å². The van der Waals surface area contributed by atoms with Gasteiger partial charge in [0.05, 0.1) is 31.2 Å². The molecule has 0 atom stereocenters. The Labute approximate surface area is 181 Å². The maximum absolute atomic E-state index is 13.7. The van der Waals surface area contributed by atoms with E-state index in [4.69, 9.17) is 15.2 Å². The zero-order valence-corrected chi connectivity index (χ0v) is 17.0. The lowest BCUT2D eigenvalue weighted by Gasteiger charge is -2.26. The molecule has 0 radical (unpaired) electrons. The van der Waals surface area contributed by atoms with Crippen LogP contribution in [-0.4, -0.2) is 60.1 Å². The summed E-state index contributed by atoms with van der Waals surface area (Å²) in [6.07, 6.45) is 5.60. The molecule has 1 saturated heterocycles. The second-order valence-electron chi connectivity index (χ2n) is 6.73. The minimum Gasteiger partial charge on any atom is -0.485 e. The van der Waals surface area contributed by atoms with Gasteiger partial charge in [-0.25, -0.2) is 27.5 Å². The summed E-state index contributed by atoms with van der Waals surface area (Å²) in [6.45, 7) is 4.18. The fraction of sp³-hybridized carbons (Fsp3) is 0.350. The Hall–Kier alpha value is -3.25. The van der Waals surface area contributed by atoms with Crippen LogP contribution in [0.5, 0.6) is 5.75 Å². The number of nitrogens with zero attached hydrogens (tertiary/aromatic N) is 4. The SMILES string of the molecule is NC(/C=C\NCCN1CCOCC1)=N/c1ncc(OCc2c(F)c(F)cc(F)c2F)cn1. The standard InChI is InChI=1S/C20H22F4N6O2/c21-15-9-16(22)19(24)14(18(15)23)12-32-13-10-27-20(28-11-13)29-17(25)1-2-26-3-4-30-5-7-31-8-6-30/h1-2,9-11,26H,3-8,12H2,(H2,25,27,28,29)/b2-1-. The molecule has 32 heavy (non-hydrogen) atoms. The number of rotatable bonds is 9. The molecule has 8 nitrogen and oxygen atoms in total. The van der Waals surface area contributed by atoms with Crippen LogP contribution in [-0.2, 0) is 11.3 Å². The van der Waals surface area contributed by atoms with E-state index in [0.29, 0.717) is 0 Å². The third kappa shape index (κ3) is 6.62. The lowest BCUT2D eigenvalue weighted by Crippen LogP contribution is -2.39. The van der Waals surface area contributed by atoms with Gasteiger partial charge in [-0.3, -0.25) is 4.90 Å². The summed E-state index contributed by atoms with van der Waals surface area (Å²) in [5, 5.41) is 3.11. The normalized spacial score (nSPS) is 15.3. The van der Waals surface area contributed by atoms with Gasteiger partial charge in [0.25, 0.3) is 5.95 Å². The largest absolute Gasteiger partial charge is 0.485 e. The highest BCUT2D eigenvalue weighted by Gasteiger charge is 2.19. The summed E-state index contributed by atoms with van der Waals surface area (Å²) in [7, 11) is 0. The number of amidine groups is 1. The predicted octanol–water partition coefficient (Wildman–Crippen LogP) is 2.04. The van der Waals surface area contributed by atoms with Gasteiger partial charge in [0, 0.05) is 38.4 Å². The van der Waals surface area contributed by atoms with Crippen molar-refractivity contribution in [2.75, 3.05) is 39.4 Å². The Morgan fingerprint density at radius 1 is 1.16 bits per heavy atom. The van der Waals surface area contributed by atoms with Crippen LogP contribution in [0.15, 0.2) is 35.7 Å². The monoisotopic (exact) mass is 454 g/mol. The second kappa shape index (κ2) is 11.4. The first-order chi connectivity index (χ1) is 15.4. The Kier molecular flexibility index (Phi) is 8.34. The van der Waals surface area contributed by atoms with Gasteiger partial charge in [-0.2, -0.15) is 4.99 Å². The van der Waals surface area contributed by atoms with Crippen molar-refractivity contribution < 1.29 is 27.0 Å². The fourth-order valence-corrected chi connectivity index (χ4v) is 2.77. The number of ether oxygens (including phenoxy) is 2. The molecule has 2 aromatic rings. The number of nitrogens with one attached hydrogen (secondary N) is 1. The molecule has 0 aliphatic carbocycles. The number of nitrogens with two attached hydrogens (primary N) is 1. The van der Waals surface area contributed by atoms with E-state index in [9.17, 15) is 17.6 Å². The first-order valence-electron chi connectivity index (χ1n) is 9.75. The summed E-state index contributed by atoms with van der Waals surface area (Å²) in [5.74, 6) is -5.87. The quantitative estimate of drug-likeness (QED) is 0.197. The highest BCUT2D eigenvalue weighted by Crippen LogP contribution is 2.21. The van der Waals surface area contributed by atoms with Gasteiger partial charge in [0.1, 0.15) is 12.4 Å². The Morgan fingerprint density at radius 3 is 2.47 bits per heavy atom. The highest BCUT2D eigenvalue weighted by molar-refractivity contribution is 5.92. The van der Waals surface area contributed by atoms with Gasteiger partial charge in [-0.05, 0) is 6.08 Å². The van der Waals surface area contributed by atoms with Crippen molar-refractivity contribution in [1.82, 2.24) is 20.2 Å². The van der Waals surface area contributed by atoms with Crippen LogP contribution in [0, 0.1) is 23.3 Å². The molecular formula is C20H22F4N6O2. The number of halogens is 4. The third-order valence-electron chi connectivity index (χ3n) is 4.48. The Balaban J connectivity index is 1.48. The van der Waals surface area contributed by atoms with Crippen molar-refractivity contribution >= 4 is 11.8 Å². The fourth-order valence-electron chi connectivity index (χ4n) is 2.77. The molecule has 0 amide bonds. The molecule has 0 bridgehead atoms. The molecule has 0 spiro atoms. The van der Waals surface area contributed by atoms with Gasteiger partial charge in [-0.15, -0.1) is 0 Å². The molecule has 3 rings (SSSR count). The molecule has 0 saturated carbocycles. The minimum atomic E-state index is -1.52. The van der Waals surface area contributed by atoms with E-state index in [1.54, 1.807) is 12.3 Å². The summed E-state index contributed by atoms with van der Waals surface area (Å²) in [5.41, 5.74) is 4.92. The van der Waals surface area contributed by atoms with Gasteiger partial charge < -0.3 is 20.5 Å². The first kappa shape index (κ1) is 23.4. The molecule has 1 aliphatic rings. The lowest BCUT2D eigenvalue weighted by atomic mass is 10.2. The van der Waals surface area contributed by atoms with Crippen molar-refractivity contribution in [1.29, 1.82) is 0 Å². The summed E-state index contributed by atoms with van der Waals surface area (Å²) in [4.78, 5) is 14.1. The summed E-state index contributed by atoms with van der Waals surface area (Å²) < 4.78 is 64.2. The topological polar surface area (TPSA) is 97.9 Å². The maximum atomic E-state index is 13.7. The maximum Gasteiger partial charge on any atom is 0.251 e. The van der Waals surface area contributed by atoms with Gasteiger partial charge in [0.15, 0.2) is 29.0 Å². The molecular weight excluding hydrogens is 432 g/mol. The zero-order chi connectivity index (χ0) is 22.9. The van der Waals surface area contributed by atoms with Crippen molar-refractivity contribution in [2.45, 2.75) is 6.61 Å². The second-order valence-corrected chi connectivity index (χ2v) is 6.73. The van der Waals surface area contributed by atoms with Crippen LogP contribution in [0.1, 0.15) is 5.56 Å². The third-order valence-corrected chi connectivity index (χ3v) is 4.48. The van der Waals surface area contributed by atoms with Gasteiger partial charge in [-0.1, -0.05) is 0 Å². The van der Waals surface area contributed by atoms with E-state index in [-0.39, 0.29) is 23.6 Å². The van der Waals surface area contributed by atoms with Crippen molar-refractivity contribution in [3.8, 4) is 5.75 Å². The number of benzene rings is 1. The van der Waals surface area contributed by atoms with Crippen molar-refractivity contribution in [3.63, 3.8) is 0 Å². The molecule has 172 valence electrons. The van der Waals surface area contributed by atoms with Crippen LogP contribution < -0.4 is 15.8 Å². The average molecular weight is 454 g/mol. The average Bonchev–Trinajstić information content (AvgIpc) is 2.79. The van der Waals surface area contributed by atoms with E-state index in [1.807, 2.05) is 0 Å². The predicted molar refractivity (Wildman–Crippen MR) is 108 cm³/mol. The number of aliphatic imine (C=N–C) groups is 1. The number of morpholine rings is 1. The summed E-state index contributed by atoms with van der Waals surface area (Å²) >= 11 is 0. The lowest BCUT2D eigenvalue weighted by molar-refractivity contribution is 0.0388. The first-order valence-corrected chi connectivity index (χ1v) is 9.75. The highest BCUT2D eigenvalue weighted by atomic mass is 19.2. The molecule has 3 N–H and O–H groups in total. The van der Waals surface area contributed by atoms with Crippen LogP contribution >= 0.6 is 0 Å². The van der Waals surface area contributed by atoms with Crippen LogP contribution in [0.2, 0.25) is 0 Å². The minimum absolute atomic E-state index is 0.0197. The number of aromatic nitrogens is 2. The van der Waals surface area contributed by atoms with Crippen LogP contribution in [0.4, 0.5) is 23.5 Å². The van der Waals surface area contributed by atoms with Gasteiger partial charge >= 0.3 is 0 Å². The van der Waals surface area contributed by atoms with E-state index in [1.165, 1.54) is 12.4 Å².